The molecule has 0 unspecified atom stereocenters. The van der Waals surface area contributed by atoms with Gasteiger partial charge in [-0.3, -0.25) is 4.79 Å². The largest absolute Gasteiger partial charge is 0.469 e. The molecule has 3 nitrogen and oxygen atoms in total. The van der Waals surface area contributed by atoms with Gasteiger partial charge in [0.15, 0.2) is 0 Å². The minimum atomic E-state index is -0.297. The van der Waals surface area contributed by atoms with Crippen LogP contribution in [0.2, 0.25) is 5.02 Å². The molecule has 1 aromatic carbocycles. The van der Waals surface area contributed by atoms with Crippen molar-refractivity contribution in [1.82, 2.24) is 4.98 Å². The Morgan fingerprint density at radius 1 is 1.56 bits per heavy atom. The van der Waals surface area contributed by atoms with Gasteiger partial charge in [0, 0.05) is 15.4 Å². The van der Waals surface area contributed by atoms with Crippen LogP contribution in [-0.2, 0) is 16.0 Å². The molecule has 0 bridgehead atoms. The van der Waals surface area contributed by atoms with Gasteiger partial charge < -0.3 is 4.74 Å². The first kappa shape index (κ1) is 13.5. The van der Waals surface area contributed by atoms with Gasteiger partial charge in [-0.05, 0) is 18.2 Å². The molecule has 0 amide bonds. The van der Waals surface area contributed by atoms with Crippen LogP contribution in [0.15, 0.2) is 28.1 Å². The van der Waals surface area contributed by atoms with E-state index in [1.165, 1.54) is 18.4 Å². The van der Waals surface area contributed by atoms with Crippen LogP contribution in [0.5, 0.6) is 0 Å². The zero-order valence-electron chi connectivity index (χ0n) is 9.44. The first-order valence-electron chi connectivity index (χ1n) is 5.07. The second-order valence-corrected chi connectivity index (χ2v) is 5.70. The van der Waals surface area contributed by atoms with Crippen molar-refractivity contribution >= 4 is 44.8 Å². The highest BCUT2D eigenvalue weighted by molar-refractivity contribution is 9.10. The van der Waals surface area contributed by atoms with Crippen LogP contribution < -0.4 is 0 Å². The number of hydrogen-bond acceptors (Lipinski definition) is 4. The molecule has 0 aliphatic heterocycles. The monoisotopic (exact) mass is 345 g/mol. The molecule has 0 spiro atoms. The van der Waals surface area contributed by atoms with E-state index in [-0.39, 0.29) is 12.4 Å². The van der Waals surface area contributed by atoms with Crippen molar-refractivity contribution in [2.24, 2.45) is 0 Å². The zero-order chi connectivity index (χ0) is 13.1. The molecule has 0 radical (unpaired) electrons. The second kappa shape index (κ2) is 5.82. The number of rotatable bonds is 3. The van der Waals surface area contributed by atoms with Crippen molar-refractivity contribution in [2.45, 2.75) is 6.42 Å². The van der Waals surface area contributed by atoms with Gasteiger partial charge >= 0.3 is 5.97 Å². The minimum Gasteiger partial charge on any atom is -0.469 e. The summed E-state index contributed by atoms with van der Waals surface area (Å²) >= 11 is 11.0. The fourth-order valence-electron chi connectivity index (χ4n) is 1.39. The summed E-state index contributed by atoms with van der Waals surface area (Å²) in [5.74, 6) is -0.297. The predicted octanol–water partition coefficient (Wildman–Crippen LogP) is 3.94. The number of halogens is 2. The highest BCUT2D eigenvalue weighted by Crippen LogP contribution is 2.32. The van der Waals surface area contributed by atoms with Crippen molar-refractivity contribution < 1.29 is 9.53 Å². The minimum absolute atomic E-state index is 0.182. The summed E-state index contributed by atoms with van der Waals surface area (Å²) in [6, 6.07) is 5.62. The lowest BCUT2D eigenvalue weighted by Gasteiger charge is -2.00. The molecule has 0 aliphatic rings. The summed E-state index contributed by atoms with van der Waals surface area (Å²) in [4.78, 5) is 15.5. The maximum absolute atomic E-state index is 11.1. The van der Waals surface area contributed by atoms with E-state index in [1.54, 1.807) is 0 Å². The molecule has 94 valence electrons. The third-order valence-corrected chi connectivity index (χ3v) is 4.00. The van der Waals surface area contributed by atoms with Gasteiger partial charge in [0.1, 0.15) is 5.01 Å². The number of carbonyl (C=O) groups excluding carboxylic acids is 1. The smallest absolute Gasteiger partial charge is 0.311 e. The number of thiazole rings is 1. The summed E-state index contributed by atoms with van der Waals surface area (Å²) in [5.41, 5.74) is 1.56. The average Bonchev–Trinajstić information content (AvgIpc) is 2.77. The van der Waals surface area contributed by atoms with Crippen LogP contribution in [0.25, 0.3) is 10.6 Å². The molecule has 18 heavy (non-hydrogen) atoms. The molecular formula is C12H9BrClNO2S. The topological polar surface area (TPSA) is 39.2 Å². The lowest BCUT2D eigenvalue weighted by atomic mass is 10.2. The van der Waals surface area contributed by atoms with Crippen molar-refractivity contribution in [1.29, 1.82) is 0 Å². The average molecular weight is 347 g/mol. The molecule has 0 atom stereocenters. The van der Waals surface area contributed by atoms with E-state index in [0.717, 1.165) is 15.0 Å². The Morgan fingerprint density at radius 2 is 2.33 bits per heavy atom. The van der Waals surface area contributed by atoms with Crippen molar-refractivity contribution in [3.05, 3.63) is 38.8 Å². The fraction of sp³-hybridized carbons (Fsp3) is 0.167. The summed E-state index contributed by atoms with van der Waals surface area (Å²) in [5, 5.41) is 3.26. The summed E-state index contributed by atoms with van der Waals surface area (Å²) in [6.45, 7) is 0. The maximum atomic E-state index is 11.1. The second-order valence-electron chi connectivity index (χ2n) is 3.52. The Hall–Kier alpha value is -0.910. The van der Waals surface area contributed by atoms with Crippen LogP contribution >= 0.6 is 38.9 Å². The molecule has 2 rings (SSSR count). The van der Waals surface area contributed by atoms with Gasteiger partial charge in [0.2, 0.25) is 0 Å². The number of carbonyl (C=O) groups is 1. The first-order chi connectivity index (χ1) is 8.60. The van der Waals surface area contributed by atoms with Gasteiger partial charge in [0.25, 0.3) is 0 Å². The molecule has 0 fully saturated rings. The number of hydrogen-bond donors (Lipinski definition) is 0. The standard InChI is InChI=1S/C12H9BrClNO2S/c1-17-11(16)5-8-6-18-12(15-8)9-3-2-7(13)4-10(9)14/h2-4,6H,5H2,1H3. The normalized spacial score (nSPS) is 10.4. The van der Waals surface area contributed by atoms with E-state index in [9.17, 15) is 4.79 Å². The lowest BCUT2D eigenvalue weighted by molar-refractivity contribution is -0.139. The van der Waals surface area contributed by atoms with Gasteiger partial charge in [0.05, 0.1) is 24.2 Å². The molecule has 0 N–H and O–H groups in total. The van der Waals surface area contributed by atoms with E-state index >= 15 is 0 Å². The van der Waals surface area contributed by atoms with Crippen LogP contribution in [-0.4, -0.2) is 18.1 Å². The van der Waals surface area contributed by atoms with Crippen LogP contribution in [0.4, 0.5) is 0 Å². The van der Waals surface area contributed by atoms with Crippen molar-refractivity contribution in [3.8, 4) is 10.6 Å². The predicted molar refractivity (Wildman–Crippen MR) is 76.0 cm³/mol. The van der Waals surface area contributed by atoms with Crippen molar-refractivity contribution in [3.63, 3.8) is 0 Å². The number of esters is 1. The summed E-state index contributed by atoms with van der Waals surface area (Å²) in [6.07, 6.45) is 0.182. The van der Waals surface area contributed by atoms with Crippen LogP contribution in [0, 0.1) is 0 Å². The molecule has 0 aliphatic carbocycles. The van der Waals surface area contributed by atoms with Gasteiger partial charge in [-0.15, -0.1) is 11.3 Å². The maximum Gasteiger partial charge on any atom is 0.311 e. The Bertz CT molecular complexity index is 585. The SMILES string of the molecule is COC(=O)Cc1csc(-c2ccc(Br)cc2Cl)n1. The number of nitrogens with zero attached hydrogens (tertiary/aromatic N) is 1. The molecule has 1 heterocycles. The highest BCUT2D eigenvalue weighted by Gasteiger charge is 2.11. The fourth-order valence-corrected chi connectivity index (χ4v) is 3.07. The molecule has 6 heteroatoms. The van der Waals surface area contributed by atoms with Crippen LogP contribution in [0.3, 0.4) is 0 Å². The Balaban J connectivity index is 2.26. The third-order valence-electron chi connectivity index (χ3n) is 2.27. The Labute approximate surface area is 122 Å². The number of aromatic nitrogens is 1. The van der Waals surface area contributed by atoms with E-state index in [4.69, 9.17) is 11.6 Å². The molecule has 2 aromatic rings. The molecule has 0 saturated carbocycles. The van der Waals surface area contributed by atoms with E-state index < -0.39 is 0 Å². The zero-order valence-corrected chi connectivity index (χ0v) is 12.6. The van der Waals surface area contributed by atoms with Crippen LogP contribution in [0.1, 0.15) is 5.69 Å². The van der Waals surface area contributed by atoms with Gasteiger partial charge in [-0.1, -0.05) is 27.5 Å². The number of methoxy groups -OCH3 is 1. The Kier molecular flexibility index (Phi) is 4.37. The number of ether oxygens (including phenoxy) is 1. The van der Waals surface area contributed by atoms with E-state index in [2.05, 4.69) is 25.7 Å². The molecule has 0 saturated heterocycles. The molecule has 1 aromatic heterocycles. The van der Waals surface area contributed by atoms with E-state index in [1.807, 2.05) is 23.6 Å². The highest BCUT2D eigenvalue weighted by atomic mass is 79.9. The van der Waals surface area contributed by atoms with Gasteiger partial charge in [-0.25, -0.2) is 4.98 Å². The van der Waals surface area contributed by atoms with Crippen molar-refractivity contribution in [2.75, 3.05) is 7.11 Å². The van der Waals surface area contributed by atoms with E-state index in [0.29, 0.717) is 10.7 Å². The lowest BCUT2D eigenvalue weighted by Crippen LogP contribution is -2.04. The quantitative estimate of drug-likeness (QED) is 0.790. The Morgan fingerprint density at radius 3 is 3.00 bits per heavy atom. The summed E-state index contributed by atoms with van der Waals surface area (Å²) < 4.78 is 5.52. The third kappa shape index (κ3) is 3.10. The summed E-state index contributed by atoms with van der Waals surface area (Å²) in [7, 11) is 1.36. The number of benzene rings is 1. The molecular weight excluding hydrogens is 338 g/mol. The van der Waals surface area contributed by atoms with Gasteiger partial charge in [-0.2, -0.15) is 0 Å². The first-order valence-corrected chi connectivity index (χ1v) is 7.12.